The van der Waals surface area contributed by atoms with Crippen molar-refractivity contribution in [2.45, 2.75) is 31.7 Å². The molecule has 1 saturated carbocycles. The van der Waals surface area contributed by atoms with Gasteiger partial charge in [-0.1, -0.05) is 0 Å². The minimum absolute atomic E-state index is 0.0268. The van der Waals surface area contributed by atoms with Gasteiger partial charge in [-0.25, -0.2) is 4.98 Å². The van der Waals surface area contributed by atoms with Crippen molar-refractivity contribution in [3.05, 3.63) is 72.0 Å². The number of carbonyl (C=O) groups excluding carboxylic acids is 1. The van der Waals surface area contributed by atoms with Gasteiger partial charge in [0, 0.05) is 59.5 Å². The van der Waals surface area contributed by atoms with E-state index in [1.807, 2.05) is 52.9 Å². The van der Waals surface area contributed by atoms with E-state index in [-0.39, 0.29) is 12.3 Å². The average molecular weight is 431 g/mol. The number of pyridine rings is 2. The van der Waals surface area contributed by atoms with Gasteiger partial charge in [0.25, 0.3) is 0 Å². The fourth-order valence-corrected chi connectivity index (χ4v) is 4.48. The van der Waals surface area contributed by atoms with E-state index in [0.29, 0.717) is 19.0 Å². The lowest BCUT2D eigenvalue weighted by atomic mass is 10.1. The van der Waals surface area contributed by atoms with Crippen LogP contribution in [-0.2, 0) is 17.8 Å². The molecule has 0 aromatic carbocycles. The van der Waals surface area contributed by atoms with Crippen LogP contribution in [0.1, 0.15) is 30.1 Å². The lowest BCUT2D eigenvalue weighted by Crippen LogP contribution is -2.29. The van der Waals surface area contributed by atoms with Crippen LogP contribution in [0.5, 0.6) is 0 Å². The van der Waals surface area contributed by atoms with E-state index >= 15 is 0 Å². The van der Waals surface area contributed by atoms with Crippen molar-refractivity contribution in [3.8, 4) is 21.7 Å². The molecular formula is C23H22N6OS. The molecule has 31 heavy (non-hydrogen) atoms. The second-order valence-corrected chi connectivity index (χ2v) is 8.44. The molecule has 0 saturated heterocycles. The molecular weight excluding hydrogens is 408 g/mol. The molecule has 7 nitrogen and oxygen atoms in total. The zero-order valence-electron chi connectivity index (χ0n) is 16.9. The summed E-state index contributed by atoms with van der Waals surface area (Å²) in [5.41, 5.74) is 5.37. The molecule has 156 valence electrons. The first kappa shape index (κ1) is 19.6. The molecule has 8 heteroatoms. The van der Waals surface area contributed by atoms with Gasteiger partial charge in [-0.05, 0) is 42.7 Å². The van der Waals surface area contributed by atoms with Crippen molar-refractivity contribution in [2.75, 3.05) is 6.54 Å². The normalized spacial score (nSPS) is 13.3. The Labute approximate surface area is 184 Å². The zero-order valence-corrected chi connectivity index (χ0v) is 17.8. The van der Waals surface area contributed by atoms with Crippen molar-refractivity contribution in [2.24, 2.45) is 0 Å². The van der Waals surface area contributed by atoms with Gasteiger partial charge < -0.3 is 5.32 Å². The monoisotopic (exact) mass is 430 g/mol. The van der Waals surface area contributed by atoms with Crippen LogP contribution in [0, 0.1) is 0 Å². The number of thiazole rings is 1. The van der Waals surface area contributed by atoms with Crippen molar-refractivity contribution in [1.29, 1.82) is 0 Å². The van der Waals surface area contributed by atoms with Gasteiger partial charge in [-0.2, -0.15) is 5.10 Å². The van der Waals surface area contributed by atoms with Gasteiger partial charge in [0.15, 0.2) is 0 Å². The average Bonchev–Trinajstić information content (AvgIpc) is 3.39. The highest BCUT2D eigenvalue weighted by Gasteiger charge is 2.30. The van der Waals surface area contributed by atoms with E-state index in [1.54, 1.807) is 23.7 Å². The first-order valence-corrected chi connectivity index (χ1v) is 11.2. The lowest BCUT2D eigenvalue weighted by Gasteiger charge is -2.10. The summed E-state index contributed by atoms with van der Waals surface area (Å²) in [4.78, 5) is 25.1. The molecule has 0 atom stereocenters. The van der Waals surface area contributed by atoms with Crippen LogP contribution >= 0.6 is 11.3 Å². The number of rotatable bonds is 8. The van der Waals surface area contributed by atoms with Gasteiger partial charge in [0.05, 0.1) is 24.9 Å². The van der Waals surface area contributed by atoms with Crippen LogP contribution in [0.15, 0.2) is 60.6 Å². The van der Waals surface area contributed by atoms with E-state index in [9.17, 15) is 4.79 Å². The Morgan fingerprint density at radius 3 is 2.48 bits per heavy atom. The van der Waals surface area contributed by atoms with Gasteiger partial charge in [-0.15, -0.1) is 11.3 Å². The fraction of sp³-hybridized carbons (Fsp3) is 0.261. The summed E-state index contributed by atoms with van der Waals surface area (Å²) in [6.07, 6.45) is 11.7. The largest absolute Gasteiger partial charge is 0.354 e. The number of nitrogens with zero attached hydrogens (tertiary/aromatic N) is 5. The van der Waals surface area contributed by atoms with Gasteiger partial charge in [-0.3, -0.25) is 19.4 Å². The standard InChI is InChI=1S/C23H22N6OS/c30-21(13-19-15-31-23(28-19)18-5-9-25-10-6-18)26-11-12-29-22(17-1-2-17)20(14-27-29)16-3-7-24-8-4-16/h3-10,14-15,17H,1-2,11-13H2,(H,26,30). The van der Waals surface area contributed by atoms with Crippen LogP contribution in [-0.4, -0.2) is 37.2 Å². The molecule has 0 unspecified atom stereocenters. The summed E-state index contributed by atoms with van der Waals surface area (Å²) in [7, 11) is 0. The number of nitrogens with one attached hydrogen (secondary N) is 1. The van der Waals surface area contributed by atoms with E-state index < -0.39 is 0 Å². The lowest BCUT2D eigenvalue weighted by molar-refractivity contribution is -0.120. The highest BCUT2D eigenvalue weighted by molar-refractivity contribution is 7.13. The molecule has 5 rings (SSSR count). The summed E-state index contributed by atoms with van der Waals surface area (Å²) in [6.45, 7) is 1.19. The summed E-state index contributed by atoms with van der Waals surface area (Å²) >= 11 is 1.54. The highest BCUT2D eigenvalue weighted by atomic mass is 32.1. The van der Waals surface area contributed by atoms with Crippen LogP contribution < -0.4 is 5.32 Å². The molecule has 0 aliphatic heterocycles. The molecule has 1 fully saturated rings. The minimum Gasteiger partial charge on any atom is -0.354 e. The third-order valence-electron chi connectivity index (χ3n) is 5.30. The second-order valence-electron chi connectivity index (χ2n) is 7.58. The first-order valence-electron chi connectivity index (χ1n) is 10.4. The van der Waals surface area contributed by atoms with Gasteiger partial charge in [0.1, 0.15) is 5.01 Å². The topological polar surface area (TPSA) is 85.6 Å². The maximum atomic E-state index is 12.4. The Bertz CT molecular complexity index is 1170. The van der Waals surface area contributed by atoms with Crippen molar-refractivity contribution >= 4 is 17.2 Å². The van der Waals surface area contributed by atoms with Crippen molar-refractivity contribution in [3.63, 3.8) is 0 Å². The number of hydrogen-bond donors (Lipinski definition) is 1. The summed E-state index contributed by atoms with van der Waals surface area (Å²) in [5.74, 6) is 0.532. The Hall–Kier alpha value is -3.39. The summed E-state index contributed by atoms with van der Waals surface area (Å²) in [6, 6.07) is 7.88. The van der Waals surface area contributed by atoms with E-state index in [1.165, 1.54) is 24.1 Å². The number of carbonyl (C=O) groups is 1. The quantitative estimate of drug-likeness (QED) is 0.461. The van der Waals surface area contributed by atoms with Gasteiger partial charge in [0.2, 0.25) is 5.91 Å². The van der Waals surface area contributed by atoms with Gasteiger partial charge >= 0.3 is 0 Å². The maximum absolute atomic E-state index is 12.4. The Kier molecular flexibility index (Phi) is 5.54. The summed E-state index contributed by atoms with van der Waals surface area (Å²) in [5, 5.41) is 10.5. The number of amides is 1. The summed E-state index contributed by atoms with van der Waals surface area (Å²) < 4.78 is 2.04. The molecule has 1 amide bonds. The Morgan fingerprint density at radius 2 is 1.77 bits per heavy atom. The number of hydrogen-bond acceptors (Lipinski definition) is 6. The molecule has 4 aromatic rings. The van der Waals surface area contributed by atoms with Crippen LogP contribution in [0.3, 0.4) is 0 Å². The fourth-order valence-electron chi connectivity index (χ4n) is 3.66. The maximum Gasteiger partial charge on any atom is 0.226 e. The Morgan fingerprint density at radius 1 is 1.06 bits per heavy atom. The van der Waals surface area contributed by atoms with E-state index in [0.717, 1.165) is 21.8 Å². The predicted octanol–water partition coefficient (Wildman–Crippen LogP) is 3.70. The van der Waals surface area contributed by atoms with Crippen molar-refractivity contribution < 1.29 is 4.79 Å². The van der Waals surface area contributed by atoms with Crippen LogP contribution in [0.4, 0.5) is 0 Å². The van der Waals surface area contributed by atoms with Crippen molar-refractivity contribution in [1.82, 2.24) is 30.0 Å². The zero-order chi connectivity index (χ0) is 21.0. The minimum atomic E-state index is -0.0268. The smallest absolute Gasteiger partial charge is 0.226 e. The highest BCUT2D eigenvalue weighted by Crippen LogP contribution is 2.44. The molecule has 1 aliphatic rings. The van der Waals surface area contributed by atoms with E-state index in [2.05, 4.69) is 25.4 Å². The first-order chi connectivity index (χ1) is 15.3. The van der Waals surface area contributed by atoms with Crippen LogP contribution in [0.2, 0.25) is 0 Å². The molecule has 1 N–H and O–H groups in total. The molecule has 0 spiro atoms. The predicted molar refractivity (Wildman–Crippen MR) is 119 cm³/mol. The molecule has 0 radical (unpaired) electrons. The molecule has 1 aliphatic carbocycles. The van der Waals surface area contributed by atoms with E-state index in [4.69, 9.17) is 0 Å². The Balaban J connectivity index is 1.19. The SMILES string of the molecule is O=C(Cc1csc(-c2ccncc2)n1)NCCn1ncc(-c2ccncc2)c1C1CC1. The molecule has 4 heterocycles. The number of aromatic nitrogens is 5. The third kappa shape index (κ3) is 4.54. The van der Waals surface area contributed by atoms with Crippen LogP contribution in [0.25, 0.3) is 21.7 Å². The third-order valence-corrected chi connectivity index (χ3v) is 6.24. The molecule has 0 bridgehead atoms. The second kappa shape index (κ2) is 8.77. The molecule has 4 aromatic heterocycles.